The Morgan fingerprint density at radius 3 is 2.92 bits per heavy atom. The van der Waals surface area contributed by atoms with Crippen molar-refractivity contribution in [3.8, 4) is 11.3 Å². The van der Waals surface area contributed by atoms with Crippen molar-refractivity contribution in [2.75, 3.05) is 24.7 Å². The minimum atomic E-state index is 0.263. The van der Waals surface area contributed by atoms with Crippen LogP contribution in [0.1, 0.15) is 6.92 Å². The Labute approximate surface area is 145 Å². The normalized spacial score (nSPS) is 18.3. The van der Waals surface area contributed by atoms with Gasteiger partial charge < -0.3 is 9.64 Å². The molecule has 0 aromatic carbocycles. The fourth-order valence-electron chi connectivity index (χ4n) is 3.17. The molecular weight excluding hydrogens is 326 g/mol. The molecule has 1 aliphatic rings. The molecule has 3 aromatic heterocycles. The molecule has 0 saturated carbocycles. The maximum Gasteiger partial charge on any atom is 0.155 e. The quantitative estimate of drug-likeness (QED) is 0.670. The first-order valence-corrected chi connectivity index (χ1v) is 8.31. The molecule has 4 rings (SSSR count). The lowest BCUT2D eigenvalue weighted by molar-refractivity contribution is 0.0986. The number of hydrogen-bond donors (Lipinski definition) is 0. The predicted octanol–water partition coefficient (Wildman–Crippen LogP) is 2.91. The van der Waals surface area contributed by atoms with E-state index in [1.807, 2.05) is 23.9 Å². The summed E-state index contributed by atoms with van der Waals surface area (Å²) in [5.41, 5.74) is 2.79. The molecule has 1 fully saturated rings. The van der Waals surface area contributed by atoms with E-state index in [9.17, 15) is 0 Å². The van der Waals surface area contributed by atoms with Gasteiger partial charge >= 0.3 is 0 Å². The van der Waals surface area contributed by atoms with Crippen molar-refractivity contribution in [3.63, 3.8) is 0 Å². The van der Waals surface area contributed by atoms with Gasteiger partial charge in [0.2, 0.25) is 0 Å². The monoisotopic (exact) mass is 343 g/mol. The topological polar surface area (TPSA) is 56.1 Å². The molecule has 7 heteroatoms. The second kappa shape index (κ2) is 6.03. The minimum absolute atomic E-state index is 0.263. The van der Waals surface area contributed by atoms with E-state index >= 15 is 0 Å². The van der Waals surface area contributed by atoms with E-state index < -0.39 is 0 Å². The summed E-state index contributed by atoms with van der Waals surface area (Å²) in [5, 5.41) is 5.68. The maximum absolute atomic E-state index is 6.34. The molecular formula is C17H18ClN5O. The molecule has 24 heavy (non-hydrogen) atoms. The van der Waals surface area contributed by atoms with Crippen LogP contribution in [0.3, 0.4) is 0 Å². The van der Waals surface area contributed by atoms with Crippen LogP contribution in [0.4, 0.5) is 5.82 Å². The summed E-state index contributed by atoms with van der Waals surface area (Å²) in [7, 11) is 1.93. The van der Waals surface area contributed by atoms with Gasteiger partial charge in [-0.2, -0.15) is 5.10 Å². The van der Waals surface area contributed by atoms with Crippen LogP contribution in [0.25, 0.3) is 22.2 Å². The Hall–Kier alpha value is -2.18. The Bertz CT molecular complexity index is 894. The van der Waals surface area contributed by atoms with E-state index in [-0.39, 0.29) is 6.04 Å². The molecule has 0 radical (unpaired) electrons. The lowest BCUT2D eigenvalue weighted by atomic mass is 10.1. The highest BCUT2D eigenvalue weighted by molar-refractivity contribution is 6.34. The number of morpholine rings is 1. The van der Waals surface area contributed by atoms with E-state index in [0.29, 0.717) is 23.9 Å². The number of ether oxygens (including phenoxy) is 1. The summed E-state index contributed by atoms with van der Waals surface area (Å²) in [6.07, 6.45) is 3.50. The van der Waals surface area contributed by atoms with E-state index in [4.69, 9.17) is 21.3 Å². The van der Waals surface area contributed by atoms with Gasteiger partial charge in [0.1, 0.15) is 11.3 Å². The van der Waals surface area contributed by atoms with Gasteiger partial charge in [-0.25, -0.2) is 9.97 Å². The number of halogens is 1. The standard InChI is InChI=1S/C17H18ClN5O/c1-11-10-24-8-7-23(11)15-9-13(14-4-6-20-22(14)2)12-3-5-19-17(18)16(12)21-15/h3-6,9,11H,7-8,10H2,1-2H3. The molecule has 3 aromatic rings. The lowest BCUT2D eigenvalue weighted by Gasteiger charge is -2.34. The fourth-order valence-corrected chi connectivity index (χ4v) is 3.37. The molecule has 4 heterocycles. The summed E-state index contributed by atoms with van der Waals surface area (Å²) in [5.74, 6) is 0.893. The highest BCUT2D eigenvalue weighted by Gasteiger charge is 2.22. The van der Waals surface area contributed by atoms with Gasteiger partial charge in [0.25, 0.3) is 0 Å². The molecule has 124 valence electrons. The van der Waals surface area contributed by atoms with Gasteiger partial charge in [0.05, 0.1) is 24.9 Å². The average molecular weight is 344 g/mol. The Kier molecular flexibility index (Phi) is 3.86. The van der Waals surface area contributed by atoms with Crippen LogP contribution >= 0.6 is 11.6 Å². The van der Waals surface area contributed by atoms with Crippen molar-refractivity contribution >= 4 is 28.3 Å². The van der Waals surface area contributed by atoms with Crippen LogP contribution in [0.15, 0.2) is 30.6 Å². The average Bonchev–Trinajstić information content (AvgIpc) is 3.01. The van der Waals surface area contributed by atoms with Crippen LogP contribution in [0, 0.1) is 0 Å². The predicted molar refractivity (Wildman–Crippen MR) is 94.4 cm³/mol. The number of aryl methyl sites for hydroxylation is 1. The molecule has 1 aliphatic heterocycles. The van der Waals surface area contributed by atoms with Gasteiger partial charge in [0, 0.05) is 36.9 Å². The van der Waals surface area contributed by atoms with Crippen molar-refractivity contribution < 1.29 is 4.74 Å². The minimum Gasteiger partial charge on any atom is -0.377 e. The van der Waals surface area contributed by atoms with Crippen molar-refractivity contribution in [3.05, 3.63) is 35.7 Å². The van der Waals surface area contributed by atoms with Gasteiger partial charge in [0.15, 0.2) is 5.15 Å². The van der Waals surface area contributed by atoms with E-state index in [1.54, 1.807) is 12.4 Å². The number of anilines is 1. The van der Waals surface area contributed by atoms with Crippen LogP contribution in [0.5, 0.6) is 0 Å². The molecule has 6 nitrogen and oxygen atoms in total. The number of aromatic nitrogens is 4. The first-order valence-electron chi connectivity index (χ1n) is 7.93. The number of nitrogens with zero attached hydrogens (tertiary/aromatic N) is 5. The SMILES string of the molecule is CC1COCCN1c1cc(-c2ccnn2C)c2ccnc(Cl)c2n1. The van der Waals surface area contributed by atoms with E-state index in [1.165, 1.54) is 0 Å². The number of fused-ring (bicyclic) bond motifs is 1. The van der Waals surface area contributed by atoms with Gasteiger partial charge in [-0.1, -0.05) is 11.6 Å². The summed E-state index contributed by atoms with van der Waals surface area (Å²) >= 11 is 6.34. The van der Waals surface area contributed by atoms with Crippen molar-refractivity contribution in [1.29, 1.82) is 0 Å². The lowest BCUT2D eigenvalue weighted by Crippen LogP contribution is -2.44. The third-order valence-corrected chi connectivity index (χ3v) is 4.70. The molecule has 0 spiro atoms. The third kappa shape index (κ3) is 2.52. The Morgan fingerprint density at radius 1 is 1.29 bits per heavy atom. The van der Waals surface area contributed by atoms with Gasteiger partial charge in [-0.3, -0.25) is 4.68 Å². The van der Waals surface area contributed by atoms with E-state index in [0.717, 1.165) is 29.0 Å². The molecule has 1 unspecified atom stereocenters. The van der Waals surface area contributed by atoms with Crippen LogP contribution in [-0.2, 0) is 11.8 Å². The Morgan fingerprint density at radius 2 is 2.17 bits per heavy atom. The molecule has 0 bridgehead atoms. The zero-order valence-corrected chi connectivity index (χ0v) is 14.4. The zero-order chi connectivity index (χ0) is 16.7. The summed E-state index contributed by atoms with van der Waals surface area (Å²) < 4.78 is 7.40. The highest BCUT2D eigenvalue weighted by Crippen LogP contribution is 2.34. The molecule has 1 saturated heterocycles. The molecule has 1 atom stereocenters. The number of rotatable bonds is 2. The van der Waals surface area contributed by atoms with E-state index in [2.05, 4.69) is 28.0 Å². The van der Waals surface area contributed by atoms with Crippen molar-refractivity contribution in [2.45, 2.75) is 13.0 Å². The number of pyridine rings is 2. The number of hydrogen-bond acceptors (Lipinski definition) is 5. The zero-order valence-electron chi connectivity index (χ0n) is 13.6. The molecule has 0 N–H and O–H groups in total. The van der Waals surface area contributed by atoms with Crippen LogP contribution in [-0.4, -0.2) is 45.5 Å². The van der Waals surface area contributed by atoms with Gasteiger partial charge in [-0.05, 0) is 25.1 Å². The summed E-state index contributed by atoms with van der Waals surface area (Å²) in [4.78, 5) is 11.2. The molecule has 0 aliphatic carbocycles. The Balaban J connectivity index is 1.96. The second-order valence-corrected chi connectivity index (χ2v) is 6.34. The first-order chi connectivity index (χ1) is 11.6. The second-order valence-electron chi connectivity index (χ2n) is 5.98. The highest BCUT2D eigenvalue weighted by atomic mass is 35.5. The summed E-state index contributed by atoms with van der Waals surface area (Å²) in [6, 6.07) is 6.31. The fraction of sp³-hybridized carbons (Fsp3) is 0.353. The summed E-state index contributed by atoms with van der Waals surface area (Å²) in [6.45, 7) is 4.34. The van der Waals surface area contributed by atoms with Crippen LogP contribution < -0.4 is 4.90 Å². The largest absolute Gasteiger partial charge is 0.377 e. The first kappa shape index (κ1) is 15.4. The third-order valence-electron chi connectivity index (χ3n) is 4.43. The van der Waals surface area contributed by atoms with Crippen molar-refractivity contribution in [2.24, 2.45) is 7.05 Å². The molecule has 0 amide bonds. The maximum atomic E-state index is 6.34. The smallest absolute Gasteiger partial charge is 0.155 e. The van der Waals surface area contributed by atoms with Gasteiger partial charge in [-0.15, -0.1) is 0 Å². The van der Waals surface area contributed by atoms with Crippen LogP contribution in [0.2, 0.25) is 5.15 Å². The van der Waals surface area contributed by atoms with Crippen molar-refractivity contribution in [1.82, 2.24) is 19.7 Å².